The van der Waals surface area contributed by atoms with E-state index in [0.29, 0.717) is 24.5 Å². The fourth-order valence-electron chi connectivity index (χ4n) is 4.57. The summed E-state index contributed by atoms with van der Waals surface area (Å²) in [7, 11) is -2.37. The minimum Gasteiger partial charge on any atom is -0.496 e. The van der Waals surface area contributed by atoms with Gasteiger partial charge >= 0.3 is 0 Å². The summed E-state index contributed by atoms with van der Waals surface area (Å²) in [4.78, 5) is 17.4. The zero-order valence-electron chi connectivity index (χ0n) is 19.3. The highest BCUT2D eigenvalue weighted by Crippen LogP contribution is 2.27. The molecule has 7 nitrogen and oxygen atoms in total. The number of benzene rings is 2. The highest BCUT2D eigenvalue weighted by molar-refractivity contribution is 7.92. The summed E-state index contributed by atoms with van der Waals surface area (Å²) in [6.45, 7) is 3.43. The van der Waals surface area contributed by atoms with Gasteiger partial charge in [0.15, 0.2) is 0 Å². The smallest absolute Gasteiger partial charge is 0.261 e. The number of hydrogen-bond acceptors (Lipinski definition) is 5. The maximum absolute atomic E-state index is 13.2. The van der Waals surface area contributed by atoms with Gasteiger partial charge in [0.25, 0.3) is 15.9 Å². The van der Waals surface area contributed by atoms with E-state index in [2.05, 4.69) is 9.62 Å². The van der Waals surface area contributed by atoms with Gasteiger partial charge in [-0.15, -0.1) is 0 Å². The Bertz CT molecular complexity index is 1060. The maximum atomic E-state index is 13.2. The zero-order valence-corrected chi connectivity index (χ0v) is 20.1. The highest BCUT2D eigenvalue weighted by Gasteiger charge is 2.24. The quantitative estimate of drug-likeness (QED) is 0.671. The first-order chi connectivity index (χ1) is 16.0. The third kappa shape index (κ3) is 5.61. The molecule has 0 saturated carbocycles. The van der Waals surface area contributed by atoms with Crippen molar-refractivity contribution >= 4 is 27.3 Å². The van der Waals surface area contributed by atoms with E-state index in [-0.39, 0.29) is 16.4 Å². The molecule has 1 N–H and O–H groups in total. The molecule has 2 aromatic carbocycles. The topological polar surface area (TPSA) is 79.0 Å². The first kappa shape index (κ1) is 23.4. The molecule has 1 amide bonds. The summed E-state index contributed by atoms with van der Waals surface area (Å²) in [5, 5.41) is 0. The summed E-state index contributed by atoms with van der Waals surface area (Å²) < 4.78 is 34.2. The molecule has 0 aromatic heterocycles. The minimum atomic E-state index is -3.86. The number of likely N-dealkylation sites (tertiary alicyclic amines) is 1. The number of nitrogens with one attached hydrogen (secondary N) is 1. The molecule has 178 valence electrons. The molecule has 0 aliphatic carbocycles. The van der Waals surface area contributed by atoms with Gasteiger partial charge in [0, 0.05) is 37.6 Å². The molecular formula is C25H33N3O4S. The molecule has 8 heteroatoms. The van der Waals surface area contributed by atoms with E-state index in [9.17, 15) is 13.2 Å². The number of amides is 1. The standard InChI is InChI=1S/C25H33N3O4S/c1-32-24-14-13-22(19-23(24)25(29)28-17-5-2-3-6-18-28)33(30,31)26-20-9-11-21(12-10-20)27-15-7-4-8-16-27/h9-14,19,26H,2-8,15-18H2,1H3. The van der Waals surface area contributed by atoms with Crippen molar-refractivity contribution in [2.75, 3.05) is 42.9 Å². The number of nitrogens with zero attached hydrogens (tertiary/aromatic N) is 2. The van der Waals surface area contributed by atoms with Gasteiger partial charge in [-0.05, 0) is 74.6 Å². The lowest BCUT2D eigenvalue weighted by atomic mass is 10.1. The number of carbonyl (C=O) groups is 1. The van der Waals surface area contributed by atoms with Gasteiger partial charge in [-0.25, -0.2) is 8.42 Å². The summed E-state index contributed by atoms with van der Waals surface area (Å²) in [6, 6.07) is 11.9. The van der Waals surface area contributed by atoms with Crippen LogP contribution in [0.2, 0.25) is 0 Å². The Morgan fingerprint density at radius 3 is 2.09 bits per heavy atom. The van der Waals surface area contributed by atoms with Gasteiger partial charge in [-0.3, -0.25) is 9.52 Å². The molecule has 2 aliphatic rings. The molecule has 2 saturated heterocycles. The van der Waals surface area contributed by atoms with Crippen molar-refractivity contribution < 1.29 is 17.9 Å². The van der Waals surface area contributed by atoms with Crippen LogP contribution in [0.1, 0.15) is 55.3 Å². The fourth-order valence-corrected chi connectivity index (χ4v) is 5.66. The molecule has 2 heterocycles. The molecule has 0 bridgehead atoms. The third-order valence-corrected chi connectivity index (χ3v) is 7.82. The van der Waals surface area contributed by atoms with Crippen molar-refractivity contribution in [3.63, 3.8) is 0 Å². The Kier molecular flexibility index (Phi) is 7.42. The molecule has 0 atom stereocenters. The Morgan fingerprint density at radius 2 is 1.45 bits per heavy atom. The lowest BCUT2D eigenvalue weighted by Crippen LogP contribution is -2.32. The number of anilines is 2. The van der Waals surface area contributed by atoms with E-state index in [1.807, 2.05) is 12.1 Å². The number of rotatable bonds is 6. The lowest BCUT2D eigenvalue weighted by molar-refractivity contribution is 0.0758. The summed E-state index contributed by atoms with van der Waals surface area (Å²) in [5.74, 6) is 0.200. The number of hydrogen-bond donors (Lipinski definition) is 1. The largest absolute Gasteiger partial charge is 0.496 e. The predicted octanol–water partition coefficient (Wildman–Crippen LogP) is 4.50. The van der Waals surface area contributed by atoms with Gasteiger partial charge in [-0.2, -0.15) is 0 Å². The van der Waals surface area contributed by atoms with Crippen molar-refractivity contribution in [1.82, 2.24) is 4.90 Å². The number of ether oxygens (including phenoxy) is 1. The van der Waals surface area contributed by atoms with E-state index in [0.717, 1.165) is 44.5 Å². The first-order valence-corrected chi connectivity index (χ1v) is 13.3. The molecular weight excluding hydrogens is 438 g/mol. The molecule has 0 unspecified atom stereocenters. The van der Waals surface area contributed by atoms with E-state index >= 15 is 0 Å². The first-order valence-electron chi connectivity index (χ1n) is 11.8. The van der Waals surface area contributed by atoms with Gasteiger partial charge in [0.05, 0.1) is 17.6 Å². The number of carbonyl (C=O) groups excluding carboxylic acids is 1. The van der Waals surface area contributed by atoms with Crippen molar-refractivity contribution in [1.29, 1.82) is 0 Å². The normalized spacial score (nSPS) is 17.4. The SMILES string of the molecule is COc1ccc(S(=O)(=O)Nc2ccc(N3CCCCC3)cc2)cc1C(=O)N1CCCCCC1. The average Bonchev–Trinajstić information content (AvgIpc) is 3.14. The van der Waals surface area contributed by atoms with Crippen molar-refractivity contribution in [3.8, 4) is 5.75 Å². The van der Waals surface area contributed by atoms with Gasteiger partial charge in [0.2, 0.25) is 0 Å². The van der Waals surface area contributed by atoms with E-state index < -0.39 is 10.0 Å². The van der Waals surface area contributed by atoms with Crippen LogP contribution in [0.4, 0.5) is 11.4 Å². The molecule has 0 radical (unpaired) electrons. The Hall–Kier alpha value is -2.74. The third-order valence-electron chi connectivity index (χ3n) is 6.45. The maximum Gasteiger partial charge on any atom is 0.261 e. The Labute approximate surface area is 196 Å². The minimum absolute atomic E-state index is 0.0431. The van der Waals surface area contributed by atoms with Gasteiger partial charge in [-0.1, -0.05) is 12.8 Å². The summed E-state index contributed by atoms with van der Waals surface area (Å²) in [6.07, 6.45) is 7.76. The fraction of sp³-hybridized carbons (Fsp3) is 0.480. The Morgan fingerprint density at radius 1 is 0.848 bits per heavy atom. The van der Waals surface area contributed by atoms with E-state index in [1.54, 1.807) is 23.1 Å². The average molecular weight is 472 g/mol. The van der Waals surface area contributed by atoms with Crippen LogP contribution < -0.4 is 14.4 Å². The van der Waals surface area contributed by atoms with Crippen LogP contribution in [-0.2, 0) is 10.0 Å². The number of methoxy groups -OCH3 is 1. The lowest BCUT2D eigenvalue weighted by Gasteiger charge is -2.28. The van der Waals surface area contributed by atoms with Crippen LogP contribution in [0.15, 0.2) is 47.4 Å². The van der Waals surface area contributed by atoms with Crippen molar-refractivity contribution in [3.05, 3.63) is 48.0 Å². The van der Waals surface area contributed by atoms with Crippen molar-refractivity contribution in [2.45, 2.75) is 49.8 Å². The Balaban J connectivity index is 1.53. The molecule has 0 spiro atoms. The van der Waals surface area contributed by atoms with Crippen LogP contribution >= 0.6 is 0 Å². The second kappa shape index (κ2) is 10.5. The van der Waals surface area contributed by atoms with E-state index in [1.165, 1.54) is 38.5 Å². The monoisotopic (exact) mass is 471 g/mol. The van der Waals surface area contributed by atoms with Crippen LogP contribution in [-0.4, -0.2) is 52.5 Å². The van der Waals surface area contributed by atoms with Gasteiger partial charge < -0.3 is 14.5 Å². The summed E-state index contributed by atoms with van der Waals surface area (Å²) >= 11 is 0. The molecule has 2 fully saturated rings. The zero-order chi connectivity index (χ0) is 23.3. The number of sulfonamides is 1. The van der Waals surface area contributed by atoms with Gasteiger partial charge in [0.1, 0.15) is 5.75 Å². The molecule has 4 rings (SSSR count). The van der Waals surface area contributed by atoms with Crippen LogP contribution in [0, 0.1) is 0 Å². The van der Waals surface area contributed by atoms with E-state index in [4.69, 9.17) is 4.74 Å². The molecule has 2 aliphatic heterocycles. The number of piperidine rings is 1. The van der Waals surface area contributed by atoms with Crippen LogP contribution in [0.25, 0.3) is 0 Å². The van der Waals surface area contributed by atoms with Crippen molar-refractivity contribution in [2.24, 2.45) is 0 Å². The predicted molar refractivity (Wildman–Crippen MR) is 131 cm³/mol. The second-order valence-electron chi connectivity index (χ2n) is 8.77. The molecule has 33 heavy (non-hydrogen) atoms. The molecule has 2 aromatic rings. The van der Waals surface area contributed by atoms with Crippen LogP contribution in [0.5, 0.6) is 5.75 Å². The highest BCUT2D eigenvalue weighted by atomic mass is 32.2. The second-order valence-corrected chi connectivity index (χ2v) is 10.5. The summed E-state index contributed by atoms with van der Waals surface area (Å²) in [5.41, 5.74) is 1.88. The van der Waals surface area contributed by atoms with Crippen LogP contribution in [0.3, 0.4) is 0 Å².